The van der Waals surface area contributed by atoms with Gasteiger partial charge in [-0.15, -0.1) is 0 Å². The number of nitrogens with one attached hydrogen (secondary N) is 1. The molecule has 1 heterocycles. The molecule has 0 aromatic rings. The number of hydrogen-bond acceptors (Lipinski definition) is 2. The minimum atomic E-state index is 0.750. The van der Waals surface area contributed by atoms with Gasteiger partial charge in [0, 0.05) is 6.54 Å². The first-order chi connectivity index (χ1) is 5.47. The minimum Gasteiger partial charge on any atom is -0.365 e. The molecule has 2 aliphatic carbocycles. The maximum absolute atomic E-state index is 4.83. The molecule has 0 bridgehead atoms. The summed E-state index contributed by atoms with van der Waals surface area (Å²) in [4.78, 5) is 0. The van der Waals surface area contributed by atoms with E-state index in [4.69, 9.17) is 4.74 Å². The van der Waals surface area contributed by atoms with E-state index in [2.05, 4.69) is 5.32 Å². The lowest BCUT2D eigenvalue weighted by Crippen LogP contribution is -2.05. The summed E-state index contributed by atoms with van der Waals surface area (Å²) in [5.74, 6) is 2.43. The summed E-state index contributed by atoms with van der Waals surface area (Å²) in [6.45, 7) is 2.67. The Bertz CT molecular complexity index is 107. The molecule has 3 rings (SSSR count). The van der Waals surface area contributed by atoms with Gasteiger partial charge in [-0.3, -0.25) is 5.32 Å². The molecule has 11 heavy (non-hydrogen) atoms. The fourth-order valence-corrected chi connectivity index (χ4v) is 2.02. The molecule has 0 radical (unpaired) electrons. The molecule has 2 atom stereocenters. The predicted molar refractivity (Wildman–Crippen MR) is 44.3 cm³/mol. The lowest BCUT2D eigenvalue weighted by Gasteiger charge is -1.80. The third-order valence-electron chi connectivity index (χ3n) is 2.85. The highest BCUT2D eigenvalue weighted by Crippen LogP contribution is 2.51. The standard InChI is InChI=1S/C6H10.C3H7NO/c1-2-5-4-6(5)3-1;1-2-5-3-4-1/h5-6H,1-4H2;4H,1-3H2. The number of fused-ring (bicyclic) bond motifs is 1. The van der Waals surface area contributed by atoms with Crippen LogP contribution in [0.25, 0.3) is 0 Å². The Morgan fingerprint density at radius 1 is 1.18 bits per heavy atom. The average Bonchev–Trinajstić information content (AvgIpc) is 2.62. The van der Waals surface area contributed by atoms with Crippen molar-refractivity contribution in [1.82, 2.24) is 5.32 Å². The molecular weight excluding hydrogens is 138 g/mol. The topological polar surface area (TPSA) is 21.3 Å². The third-order valence-corrected chi connectivity index (χ3v) is 2.85. The third kappa shape index (κ3) is 2.17. The van der Waals surface area contributed by atoms with Crippen LogP contribution in [0.2, 0.25) is 0 Å². The quantitative estimate of drug-likeness (QED) is 0.570. The van der Waals surface area contributed by atoms with E-state index in [0.29, 0.717) is 0 Å². The molecular formula is C9H17NO. The van der Waals surface area contributed by atoms with Crippen LogP contribution in [0, 0.1) is 11.8 Å². The van der Waals surface area contributed by atoms with E-state index in [1.54, 1.807) is 19.3 Å². The van der Waals surface area contributed by atoms with Gasteiger partial charge in [-0.1, -0.05) is 19.3 Å². The zero-order valence-corrected chi connectivity index (χ0v) is 7.01. The van der Waals surface area contributed by atoms with Crippen molar-refractivity contribution in [2.75, 3.05) is 19.9 Å². The Morgan fingerprint density at radius 3 is 2.18 bits per heavy atom. The molecule has 1 aliphatic heterocycles. The molecule has 3 aliphatic rings. The van der Waals surface area contributed by atoms with E-state index >= 15 is 0 Å². The smallest absolute Gasteiger partial charge is 0.0966 e. The zero-order chi connectivity index (χ0) is 7.52. The second-order valence-corrected chi connectivity index (χ2v) is 3.74. The summed E-state index contributed by atoms with van der Waals surface area (Å²) in [6.07, 6.45) is 6.24. The monoisotopic (exact) mass is 155 g/mol. The van der Waals surface area contributed by atoms with Crippen LogP contribution in [0.3, 0.4) is 0 Å². The van der Waals surface area contributed by atoms with Gasteiger partial charge in [-0.25, -0.2) is 0 Å². The van der Waals surface area contributed by atoms with Gasteiger partial charge in [0.25, 0.3) is 0 Å². The van der Waals surface area contributed by atoms with Crippen molar-refractivity contribution < 1.29 is 4.74 Å². The van der Waals surface area contributed by atoms with Crippen LogP contribution in [0.1, 0.15) is 25.7 Å². The Kier molecular flexibility index (Phi) is 2.44. The van der Waals surface area contributed by atoms with E-state index < -0.39 is 0 Å². The van der Waals surface area contributed by atoms with Gasteiger partial charge in [0.15, 0.2) is 0 Å². The second kappa shape index (κ2) is 3.55. The number of ether oxygens (including phenoxy) is 1. The van der Waals surface area contributed by atoms with E-state index in [-0.39, 0.29) is 0 Å². The van der Waals surface area contributed by atoms with Crippen LogP contribution >= 0.6 is 0 Å². The van der Waals surface area contributed by atoms with E-state index in [1.165, 1.54) is 18.3 Å². The SMILES string of the molecule is C1CC2CC2C1.C1COCN1. The summed E-state index contributed by atoms with van der Waals surface area (Å²) < 4.78 is 4.83. The van der Waals surface area contributed by atoms with E-state index in [0.717, 1.165) is 19.9 Å². The molecule has 2 nitrogen and oxygen atoms in total. The van der Waals surface area contributed by atoms with Gasteiger partial charge in [0.1, 0.15) is 0 Å². The Labute approximate surface area is 68.3 Å². The maximum atomic E-state index is 4.83. The molecule has 2 heteroatoms. The molecule has 3 fully saturated rings. The van der Waals surface area contributed by atoms with Gasteiger partial charge in [0.05, 0.1) is 13.3 Å². The van der Waals surface area contributed by atoms with Crippen molar-refractivity contribution in [2.24, 2.45) is 11.8 Å². The first-order valence-electron chi connectivity index (χ1n) is 4.75. The van der Waals surface area contributed by atoms with E-state index in [9.17, 15) is 0 Å². The van der Waals surface area contributed by atoms with Crippen molar-refractivity contribution in [1.29, 1.82) is 0 Å². The van der Waals surface area contributed by atoms with Gasteiger partial charge in [-0.05, 0) is 18.3 Å². The van der Waals surface area contributed by atoms with Crippen LogP contribution in [-0.2, 0) is 4.74 Å². The summed E-state index contributed by atoms with van der Waals surface area (Å²) in [7, 11) is 0. The molecule has 1 N–H and O–H groups in total. The minimum absolute atomic E-state index is 0.750. The van der Waals surface area contributed by atoms with Gasteiger partial charge < -0.3 is 4.74 Å². The molecule has 2 unspecified atom stereocenters. The van der Waals surface area contributed by atoms with Crippen molar-refractivity contribution in [2.45, 2.75) is 25.7 Å². The Morgan fingerprint density at radius 2 is 2.00 bits per heavy atom. The van der Waals surface area contributed by atoms with Crippen LogP contribution in [0.15, 0.2) is 0 Å². The Balaban J connectivity index is 0.0000000893. The Hall–Kier alpha value is -0.0800. The molecule has 0 spiro atoms. The molecule has 1 saturated heterocycles. The fourth-order valence-electron chi connectivity index (χ4n) is 2.02. The molecule has 0 amide bonds. The van der Waals surface area contributed by atoms with Crippen molar-refractivity contribution >= 4 is 0 Å². The summed E-state index contributed by atoms with van der Waals surface area (Å²) in [5.41, 5.74) is 0. The lowest BCUT2D eigenvalue weighted by molar-refractivity contribution is 0.194. The average molecular weight is 155 g/mol. The van der Waals surface area contributed by atoms with Gasteiger partial charge in [-0.2, -0.15) is 0 Å². The first-order valence-corrected chi connectivity index (χ1v) is 4.75. The van der Waals surface area contributed by atoms with Crippen molar-refractivity contribution in [3.05, 3.63) is 0 Å². The molecule has 0 aromatic carbocycles. The highest BCUT2D eigenvalue weighted by Gasteiger charge is 2.40. The van der Waals surface area contributed by atoms with Crippen molar-refractivity contribution in [3.8, 4) is 0 Å². The number of hydrogen-bond donors (Lipinski definition) is 1. The van der Waals surface area contributed by atoms with Gasteiger partial charge >= 0.3 is 0 Å². The normalized spacial score (nSPS) is 39.3. The van der Waals surface area contributed by atoms with Crippen molar-refractivity contribution in [3.63, 3.8) is 0 Å². The van der Waals surface area contributed by atoms with Crippen LogP contribution < -0.4 is 5.32 Å². The van der Waals surface area contributed by atoms with Gasteiger partial charge in [0.2, 0.25) is 0 Å². The lowest BCUT2D eigenvalue weighted by atomic mass is 10.3. The number of rotatable bonds is 0. The maximum Gasteiger partial charge on any atom is 0.0966 e. The summed E-state index contributed by atoms with van der Waals surface area (Å²) in [5, 5.41) is 3.00. The zero-order valence-electron chi connectivity index (χ0n) is 7.01. The fraction of sp³-hybridized carbons (Fsp3) is 1.00. The first kappa shape index (κ1) is 7.56. The largest absolute Gasteiger partial charge is 0.365 e. The summed E-state index contributed by atoms with van der Waals surface area (Å²) >= 11 is 0. The predicted octanol–water partition coefficient (Wildman–Crippen LogP) is 1.37. The molecule has 0 aromatic heterocycles. The van der Waals surface area contributed by atoms with Crippen LogP contribution in [-0.4, -0.2) is 19.9 Å². The second-order valence-electron chi connectivity index (χ2n) is 3.74. The highest BCUT2D eigenvalue weighted by molar-refractivity contribution is 4.91. The van der Waals surface area contributed by atoms with Crippen LogP contribution in [0.5, 0.6) is 0 Å². The molecule has 64 valence electrons. The highest BCUT2D eigenvalue weighted by atomic mass is 16.5. The van der Waals surface area contributed by atoms with E-state index in [1.807, 2.05) is 0 Å². The summed E-state index contributed by atoms with van der Waals surface area (Å²) in [6, 6.07) is 0. The molecule has 2 saturated carbocycles. The van der Waals surface area contributed by atoms with Crippen LogP contribution in [0.4, 0.5) is 0 Å².